The van der Waals surface area contributed by atoms with Gasteiger partial charge in [-0.3, -0.25) is 0 Å². The van der Waals surface area contributed by atoms with Crippen molar-refractivity contribution in [3.8, 4) is 11.8 Å². The molecular formula is C38H43F. The summed E-state index contributed by atoms with van der Waals surface area (Å²) in [6, 6.07) is 27.4. The summed E-state index contributed by atoms with van der Waals surface area (Å²) in [6.45, 7) is 4.49. The molecule has 202 valence electrons. The van der Waals surface area contributed by atoms with E-state index in [9.17, 15) is 0 Å². The van der Waals surface area contributed by atoms with Gasteiger partial charge in [0.25, 0.3) is 0 Å². The number of rotatable bonds is 13. The van der Waals surface area contributed by atoms with Crippen molar-refractivity contribution < 1.29 is 4.39 Å². The highest BCUT2D eigenvalue weighted by molar-refractivity contribution is 5.85. The van der Waals surface area contributed by atoms with Crippen molar-refractivity contribution in [3.05, 3.63) is 118 Å². The first-order valence-corrected chi connectivity index (χ1v) is 15.1. The van der Waals surface area contributed by atoms with E-state index in [4.69, 9.17) is 0 Å². The van der Waals surface area contributed by atoms with Gasteiger partial charge in [0.15, 0.2) is 0 Å². The van der Waals surface area contributed by atoms with Gasteiger partial charge in [-0.25, -0.2) is 4.39 Å². The van der Waals surface area contributed by atoms with E-state index in [1.54, 1.807) is 0 Å². The second-order valence-electron chi connectivity index (χ2n) is 10.9. The number of hydrogen-bond acceptors (Lipinski definition) is 0. The smallest absolute Gasteiger partial charge is 0.146 e. The van der Waals surface area contributed by atoms with Gasteiger partial charge in [0.1, 0.15) is 5.82 Å². The largest absolute Gasteiger partial charge is 0.205 e. The molecule has 0 saturated carbocycles. The van der Waals surface area contributed by atoms with Crippen LogP contribution in [-0.2, 0) is 25.7 Å². The Kier molecular flexibility index (Phi) is 11.2. The predicted octanol–water partition coefficient (Wildman–Crippen LogP) is 10.4. The van der Waals surface area contributed by atoms with E-state index in [1.807, 2.05) is 18.2 Å². The summed E-state index contributed by atoms with van der Waals surface area (Å²) in [5, 5.41) is 1.57. The Labute approximate surface area is 235 Å². The Bertz CT molecular complexity index is 1370. The maximum Gasteiger partial charge on any atom is 0.146 e. The van der Waals surface area contributed by atoms with E-state index in [2.05, 4.69) is 86.4 Å². The zero-order chi connectivity index (χ0) is 27.3. The first-order chi connectivity index (χ1) is 19.2. The van der Waals surface area contributed by atoms with Crippen LogP contribution in [0, 0.1) is 17.7 Å². The van der Waals surface area contributed by atoms with Crippen molar-refractivity contribution >= 4 is 10.8 Å². The van der Waals surface area contributed by atoms with E-state index in [0.29, 0.717) is 10.9 Å². The van der Waals surface area contributed by atoms with Gasteiger partial charge in [-0.05, 0) is 84.4 Å². The van der Waals surface area contributed by atoms with Crippen molar-refractivity contribution in [2.75, 3.05) is 0 Å². The van der Waals surface area contributed by atoms with Gasteiger partial charge in [-0.1, -0.05) is 125 Å². The van der Waals surface area contributed by atoms with E-state index in [-0.39, 0.29) is 5.82 Å². The Balaban J connectivity index is 1.34. The Morgan fingerprint density at radius 1 is 0.513 bits per heavy atom. The third-order valence-corrected chi connectivity index (χ3v) is 7.68. The minimum atomic E-state index is -0.228. The zero-order valence-electron chi connectivity index (χ0n) is 23.9. The van der Waals surface area contributed by atoms with Crippen molar-refractivity contribution in [1.29, 1.82) is 0 Å². The van der Waals surface area contributed by atoms with E-state index in [0.717, 1.165) is 30.2 Å². The fourth-order valence-corrected chi connectivity index (χ4v) is 5.16. The average molecular weight is 519 g/mol. The summed E-state index contributed by atoms with van der Waals surface area (Å²) in [6.07, 6.45) is 14.5. The van der Waals surface area contributed by atoms with E-state index in [1.165, 1.54) is 80.0 Å². The molecule has 0 saturated heterocycles. The maximum absolute atomic E-state index is 15.3. The average Bonchev–Trinajstić information content (AvgIpc) is 2.97. The SMILES string of the molecule is CCCCCCc1ccc(C#Cc2ccc3cc(CCc4ccc(CCCCCC)cc4)ccc3c2F)cc1. The monoisotopic (exact) mass is 518 g/mol. The molecule has 0 radical (unpaired) electrons. The van der Waals surface area contributed by atoms with Gasteiger partial charge in [-0.15, -0.1) is 0 Å². The maximum atomic E-state index is 15.3. The van der Waals surface area contributed by atoms with E-state index >= 15 is 4.39 Å². The molecule has 0 unspecified atom stereocenters. The van der Waals surface area contributed by atoms with Gasteiger partial charge in [0, 0.05) is 10.9 Å². The van der Waals surface area contributed by atoms with Crippen molar-refractivity contribution in [3.63, 3.8) is 0 Å². The van der Waals surface area contributed by atoms with Crippen LogP contribution in [-0.4, -0.2) is 0 Å². The van der Waals surface area contributed by atoms with Crippen LogP contribution in [0.4, 0.5) is 4.39 Å². The van der Waals surface area contributed by atoms with Gasteiger partial charge in [0.2, 0.25) is 0 Å². The van der Waals surface area contributed by atoms with Crippen molar-refractivity contribution in [2.24, 2.45) is 0 Å². The summed E-state index contributed by atoms with van der Waals surface area (Å²) in [5.74, 6) is 5.98. The molecule has 4 rings (SSSR count). The minimum Gasteiger partial charge on any atom is -0.205 e. The fraction of sp³-hybridized carbons (Fsp3) is 0.368. The first kappa shape index (κ1) is 28.6. The normalized spacial score (nSPS) is 10.9. The Hall–Kier alpha value is -3.37. The van der Waals surface area contributed by atoms with Crippen LogP contribution in [0.15, 0.2) is 78.9 Å². The van der Waals surface area contributed by atoms with Crippen LogP contribution in [0.3, 0.4) is 0 Å². The summed E-state index contributed by atoms with van der Waals surface area (Å²) < 4.78 is 15.3. The fourth-order valence-electron chi connectivity index (χ4n) is 5.16. The number of unbranched alkanes of at least 4 members (excludes halogenated alkanes) is 6. The lowest BCUT2D eigenvalue weighted by Crippen LogP contribution is -1.94. The number of halogens is 1. The molecule has 0 spiro atoms. The minimum absolute atomic E-state index is 0.228. The molecule has 0 aliphatic heterocycles. The molecule has 0 heterocycles. The van der Waals surface area contributed by atoms with Gasteiger partial charge < -0.3 is 0 Å². The molecule has 1 heteroatoms. The summed E-state index contributed by atoms with van der Waals surface area (Å²) in [4.78, 5) is 0. The molecule has 4 aromatic carbocycles. The molecule has 0 bridgehead atoms. The molecule has 0 aliphatic rings. The molecular weight excluding hydrogens is 475 g/mol. The Morgan fingerprint density at radius 2 is 1.05 bits per heavy atom. The molecule has 0 aliphatic carbocycles. The molecule has 0 amide bonds. The van der Waals surface area contributed by atoms with Gasteiger partial charge >= 0.3 is 0 Å². The predicted molar refractivity (Wildman–Crippen MR) is 166 cm³/mol. The topological polar surface area (TPSA) is 0 Å². The van der Waals surface area contributed by atoms with Crippen LogP contribution in [0.1, 0.15) is 98.6 Å². The third kappa shape index (κ3) is 8.83. The summed E-state index contributed by atoms with van der Waals surface area (Å²) in [5.41, 5.74) is 6.75. The molecule has 0 fully saturated rings. The summed E-state index contributed by atoms with van der Waals surface area (Å²) >= 11 is 0. The number of hydrogen-bond donors (Lipinski definition) is 0. The first-order valence-electron chi connectivity index (χ1n) is 15.1. The molecule has 39 heavy (non-hydrogen) atoms. The molecule has 0 N–H and O–H groups in total. The Morgan fingerprint density at radius 3 is 1.67 bits per heavy atom. The molecule has 0 nitrogen and oxygen atoms in total. The third-order valence-electron chi connectivity index (χ3n) is 7.68. The summed E-state index contributed by atoms with van der Waals surface area (Å²) in [7, 11) is 0. The van der Waals surface area contributed by atoms with Gasteiger partial charge in [0.05, 0.1) is 5.56 Å². The molecule has 0 aromatic heterocycles. The number of benzene rings is 4. The second kappa shape index (κ2) is 15.3. The van der Waals surface area contributed by atoms with Crippen LogP contribution in [0.25, 0.3) is 10.8 Å². The lowest BCUT2D eigenvalue weighted by atomic mass is 9.98. The highest BCUT2D eigenvalue weighted by atomic mass is 19.1. The molecule has 4 aromatic rings. The zero-order valence-corrected chi connectivity index (χ0v) is 23.9. The number of aryl methyl sites for hydroxylation is 4. The highest BCUT2D eigenvalue weighted by Gasteiger charge is 2.07. The number of fused-ring (bicyclic) bond motifs is 1. The van der Waals surface area contributed by atoms with Crippen molar-refractivity contribution in [1.82, 2.24) is 0 Å². The van der Waals surface area contributed by atoms with Crippen LogP contribution < -0.4 is 0 Å². The van der Waals surface area contributed by atoms with Crippen LogP contribution >= 0.6 is 0 Å². The van der Waals surface area contributed by atoms with Gasteiger partial charge in [-0.2, -0.15) is 0 Å². The lowest BCUT2D eigenvalue weighted by Gasteiger charge is -2.07. The van der Waals surface area contributed by atoms with Crippen molar-refractivity contribution in [2.45, 2.75) is 90.9 Å². The lowest BCUT2D eigenvalue weighted by molar-refractivity contribution is 0.636. The van der Waals surface area contributed by atoms with Crippen LogP contribution in [0.5, 0.6) is 0 Å². The second-order valence-corrected chi connectivity index (χ2v) is 10.9. The standard InChI is InChI=1S/C38H43F/c1-3-5-7-9-11-30-13-17-32(18-14-30)21-22-34-24-28-37-36(29-34)27-26-35(38(37)39)25-23-33-19-15-31(16-20-33)12-10-8-6-4-2/h13-20,24,26-29H,3-12,21-22H2,1-2H3. The quantitative estimate of drug-likeness (QED) is 0.122. The van der Waals surface area contributed by atoms with E-state index < -0.39 is 0 Å². The van der Waals surface area contributed by atoms with Crippen LogP contribution in [0.2, 0.25) is 0 Å². The molecule has 0 atom stereocenters. The highest BCUT2D eigenvalue weighted by Crippen LogP contribution is 2.23.